The van der Waals surface area contributed by atoms with E-state index in [0.717, 1.165) is 12.0 Å². The number of oxime groups is 1. The minimum Gasteiger partial charge on any atom is -0.462 e. The molecule has 0 spiro atoms. The van der Waals surface area contributed by atoms with Gasteiger partial charge >= 0.3 is 11.9 Å². The first-order valence-electron chi connectivity index (χ1n) is 12.2. The van der Waals surface area contributed by atoms with Gasteiger partial charge in [-0.25, -0.2) is 0 Å². The fourth-order valence-corrected chi connectivity index (χ4v) is 4.96. The molecule has 9 nitrogen and oxygen atoms in total. The maximum atomic E-state index is 12.7. The number of aliphatic hydroxyl groups is 2. The van der Waals surface area contributed by atoms with Crippen LogP contribution < -0.4 is 0 Å². The van der Waals surface area contributed by atoms with Gasteiger partial charge in [0.15, 0.2) is 0 Å². The predicted octanol–water partition coefficient (Wildman–Crippen LogP) is 2.86. The van der Waals surface area contributed by atoms with Crippen molar-refractivity contribution < 1.29 is 38.9 Å². The summed E-state index contributed by atoms with van der Waals surface area (Å²) in [5.41, 5.74) is 1.65. The Labute approximate surface area is 200 Å². The van der Waals surface area contributed by atoms with Crippen molar-refractivity contribution in [2.45, 2.75) is 77.6 Å². The van der Waals surface area contributed by atoms with Crippen LogP contribution in [0.3, 0.4) is 0 Å². The monoisotopic (exact) mass is 479 g/mol. The first-order valence-corrected chi connectivity index (χ1v) is 12.2. The molecule has 1 saturated heterocycles. The van der Waals surface area contributed by atoms with E-state index in [2.05, 4.69) is 24.2 Å². The Kier molecular flexibility index (Phi) is 9.67. The molecule has 0 amide bonds. The third kappa shape index (κ3) is 6.90. The topological polar surface area (TPSA) is 124 Å². The van der Waals surface area contributed by atoms with E-state index in [1.165, 1.54) is 0 Å². The number of ether oxygens (including phenoxy) is 3. The molecule has 190 valence electrons. The number of hydrogen-bond donors (Lipinski definition) is 2. The average Bonchev–Trinajstić information content (AvgIpc) is 2.80. The van der Waals surface area contributed by atoms with Gasteiger partial charge in [0.05, 0.1) is 24.2 Å². The number of nitrogens with zero attached hydrogens (tertiary/aromatic N) is 1. The van der Waals surface area contributed by atoms with Crippen LogP contribution in [0, 0.1) is 23.7 Å². The van der Waals surface area contributed by atoms with E-state index < -0.39 is 19.0 Å². The molecule has 1 heterocycles. The molecule has 0 radical (unpaired) electrons. The maximum absolute atomic E-state index is 12.7. The van der Waals surface area contributed by atoms with Crippen molar-refractivity contribution in [2.75, 3.05) is 13.6 Å². The molecule has 0 aromatic rings. The molecule has 1 fully saturated rings. The number of carbonyl (C=O) groups excluding carboxylic acids is 2. The smallest absolute Gasteiger partial charge is 0.308 e. The molecule has 9 heteroatoms. The highest BCUT2D eigenvalue weighted by Gasteiger charge is 2.42. The number of esters is 2. The standard InChI is InChI=1S/C25H37NO8/c1-4-15(2)25(30)34-22-10-18(26-32-14-31-13-27)9-17-6-5-16(3)21(24(17)22)8-7-20-11-19(28)12-23(29)33-20/h5-6,9,15-16,19-22,24,27-28H,4,7-8,10-14H2,1-3H3/b26-18-/t15-,16-,19+,20+,21-,22-,24?/m0/s1. The molecular formula is C25H37NO8. The van der Waals surface area contributed by atoms with Crippen LogP contribution in [0.15, 0.2) is 29.0 Å². The van der Waals surface area contributed by atoms with Crippen LogP contribution in [-0.2, 0) is 28.6 Å². The maximum Gasteiger partial charge on any atom is 0.308 e. The lowest BCUT2D eigenvalue weighted by Gasteiger charge is -2.42. The fraction of sp³-hybridized carbons (Fsp3) is 0.720. The van der Waals surface area contributed by atoms with Gasteiger partial charge in [-0.15, -0.1) is 0 Å². The molecule has 34 heavy (non-hydrogen) atoms. The molecule has 3 aliphatic rings. The lowest BCUT2D eigenvalue weighted by atomic mass is 9.66. The van der Waals surface area contributed by atoms with E-state index in [1.54, 1.807) is 0 Å². The summed E-state index contributed by atoms with van der Waals surface area (Å²) in [6.07, 6.45) is 7.80. The van der Waals surface area contributed by atoms with E-state index in [-0.39, 0.29) is 54.9 Å². The Morgan fingerprint density at radius 1 is 1.32 bits per heavy atom. The van der Waals surface area contributed by atoms with Crippen LogP contribution in [0.2, 0.25) is 0 Å². The van der Waals surface area contributed by atoms with Crippen molar-refractivity contribution in [3.8, 4) is 0 Å². The van der Waals surface area contributed by atoms with Gasteiger partial charge in [0.1, 0.15) is 19.0 Å². The number of allylic oxidation sites excluding steroid dienone is 3. The highest BCUT2D eigenvalue weighted by molar-refractivity contribution is 5.97. The Morgan fingerprint density at radius 3 is 2.82 bits per heavy atom. The van der Waals surface area contributed by atoms with E-state index in [9.17, 15) is 14.7 Å². The molecule has 7 atom stereocenters. The Hall–Kier alpha value is -2.23. The average molecular weight is 480 g/mol. The highest BCUT2D eigenvalue weighted by Crippen LogP contribution is 2.44. The summed E-state index contributed by atoms with van der Waals surface area (Å²) in [5, 5.41) is 22.8. The molecule has 0 saturated carbocycles. The molecule has 2 aliphatic carbocycles. The first kappa shape index (κ1) is 26.4. The van der Waals surface area contributed by atoms with Gasteiger partial charge in [-0.1, -0.05) is 38.1 Å². The highest BCUT2D eigenvalue weighted by atomic mass is 16.8. The van der Waals surface area contributed by atoms with Crippen LogP contribution in [0.5, 0.6) is 0 Å². The molecule has 2 N–H and O–H groups in total. The van der Waals surface area contributed by atoms with Gasteiger partial charge < -0.3 is 29.3 Å². The van der Waals surface area contributed by atoms with Crippen molar-refractivity contribution in [1.29, 1.82) is 0 Å². The summed E-state index contributed by atoms with van der Waals surface area (Å²) in [6.45, 7) is 5.32. The summed E-state index contributed by atoms with van der Waals surface area (Å²) in [6, 6.07) is 0. The Balaban J connectivity index is 1.79. The van der Waals surface area contributed by atoms with Crippen molar-refractivity contribution in [1.82, 2.24) is 0 Å². The first-order chi connectivity index (χ1) is 16.3. The zero-order chi connectivity index (χ0) is 24.7. The van der Waals surface area contributed by atoms with E-state index in [4.69, 9.17) is 24.2 Å². The van der Waals surface area contributed by atoms with Crippen LogP contribution in [-0.4, -0.2) is 59.8 Å². The Bertz CT molecular complexity index is 807. The molecule has 3 rings (SSSR count). The van der Waals surface area contributed by atoms with Crippen molar-refractivity contribution in [3.63, 3.8) is 0 Å². The zero-order valence-corrected chi connectivity index (χ0v) is 20.2. The summed E-state index contributed by atoms with van der Waals surface area (Å²) < 4.78 is 16.2. The van der Waals surface area contributed by atoms with Crippen molar-refractivity contribution in [2.24, 2.45) is 28.8 Å². The SMILES string of the molecule is CC[C@H](C)C(=O)O[C@H]1C/C(=N\OCOCO)C=C2C=C[C@H](C)[C@H](CC[C@@H]3C[C@@H](O)CC(=O)O3)C21. The normalized spacial score (nSPS) is 33.0. The quantitative estimate of drug-likeness (QED) is 0.212. The lowest BCUT2D eigenvalue weighted by Crippen LogP contribution is -2.42. The second-order valence-electron chi connectivity index (χ2n) is 9.49. The molecule has 1 unspecified atom stereocenters. The molecule has 0 aromatic carbocycles. The molecular weight excluding hydrogens is 442 g/mol. The summed E-state index contributed by atoms with van der Waals surface area (Å²) >= 11 is 0. The third-order valence-electron chi connectivity index (χ3n) is 7.01. The number of cyclic esters (lactones) is 1. The van der Waals surface area contributed by atoms with Gasteiger partial charge in [0.25, 0.3) is 0 Å². The van der Waals surface area contributed by atoms with Gasteiger partial charge in [-0.2, -0.15) is 0 Å². The molecule has 1 aliphatic heterocycles. The second-order valence-corrected chi connectivity index (χ2v) is 9.49. The minimum atomic E-state index is -0.655. The van der Waals surface area contributed by atoms with Crippen molar-refractivity contribution >= 4 is 17.7 Å². The number of aliphatic hydroxyl groups excluding tert-OH is 2. The van der Waals surface area contributed by atoms with Crippen LogP contribution in [0.1, 0.15) is 59.3 Å². The number of carbonyl (C=O) groups is 2. The number of fused-ring (bicyclic) bond motifs is 1. The summed E-state index contributed by atoms with van der Waals surface area (Å²) in [5.74, 6) is -0.410. The number of hydrogen-bond acceptors (Lipinski definition) is 9. The van der Waals surface area contributed by atoms with Gasteiger partial charge in [-0.3, -0.25) is 9.59 Å². The van der Waals surface area contributed by atoms with E-state index >= 15 is 0 Å². The van der Waals surface area contributed by atoms with E-state index in [1.807, 2.05) is 19.9 Å². The largest absolute Gasteiger partial charge is 0.462 e. The summed E-state index contributed by atoms with van der Waals surface area (Å²) in [4.78, 5) is 29.6. The summed E-state index contributed by atoms with van der Waals surface area (Å²) in [7, 11) is 0. The van der Waals surface area contributed by atoms with Crippen LogP contribution in [0.4, 0.5) is 0 Å². The fourth-order valence-electron chi connectivity index (χ4n) is 4.96. The Morgan fingerprint density at radius 2 is 2.12 bits per heavy atom. The van der Waals surface area contributed by atoms with Crippen LogP contribution >= 0.6 is 0 Å². The second kappa shape index (κ2) is 12.5. The predicted molar refractivity (Wildman–Crippen MR) is 123 cm³/mol. The lowest BCUT2D eigenvalue weighted by molar-refractivity contribution is -0.162. The van der Waals surface area contributed by atoms with E-state index in [0.29, 0.717) is 31.4 Å². The minimum absolute atomic E-state index is 0.0233. The third-order valence-corrected chi connectivity index (χ3v) is 7.01. The van der Waals surface area contributed by atoms with Gasteiger partial charge in [0.2, 0.25) is 6.79 Å². The molecule has 0 bridgehead atoms. The van der Waals surface area contributed by atoms with Gasteiger partial charge in [-0.05, 0) is 42.7 Å². The number of rotatable bonds is 10. The van der Waals surface area contributed by atoms with Crippen LogP contribution in [0.25, 0.3) is 0 Å². The van der Waals surface area contributed by atoms with Gasteiger partial charge in [0, 0.05) is 18.8 Å². The van der Waals surface area contributed by atoms with Crippen molar-refractivity contribution in [3.05, 3.63) is 23.8 Å². The molecule has 0 aromatic heterocycles. The zero-order valence-electron chi connectivity index (χ0n) is 20.2.